The van der Waals surface area contributed by atoms with Gasteiger partial charge in [-0.05, 0) is 96.1 Å². The summed E-state index contributed by atoms with van der Waals surface area (Å²) >= 11 is 0. The maximum Gasteiger partial charge on any atom is 0.340 e. The van der Waals surface area contributed by atoms with Crippen molar-refractivity contribution in [3.05, 3.63) is 226 Å². The van der Waals surface area contributed by atoms with Gasteiger partial charge in [0.05, 0.1) is 28.1 Å². The molecule has 0 saturated carbocycles. The molecule has 4 aliphatic heterocycles. The summed E-state index contributed by atoms with van der Waals surface area (Å²) in [5.41, 5.74) is 12.4. The molecule has 0 bridgehead atoms. The van der Waals surface area contributed by atoms with Crippen molar-refractivity contribution in [2.45, 2.75) is 5.60 Å². The van der Waals surface area contributed by atoms with E-state index in [0.717, 1.165) is 83.2 Å². The molecular weight excluding hydrogens is 1020 g/mol. The smallest absolute Gasteiger partial charge is 0.340 e. The number of carboxylic acids is 2. The second-order valence-corrected chi connectivity index (χ2v) is 19.1. The molecule has 7 N–H and O–H groups in total. The number of ether oxygens (including phenoxy) is 2. The average molecular weight is 1080 g/mol. The number of fused-ring (bicyclic) bond motifs is 10. The van der Waals surface area contributed by atoms with Crippen molar-refractivity contribution in [3.8, 4) is 56.4 Å². The lowest BCUT2D eigenvalue weighted by Gasteiger charge is -2.36. The summed E-state index contributed by atoms with van der Waals surface area (Å²) in [6, 6.07) is 56.6. The first-order valence-corrected chi connectivity index (χ1v) is 26.0. The third-order valence-corrected chi connectivity index (χ3v) is 14.7. The van der Waals surface area contributed by atoms with Crippen molar-refractivity contribution in [3.63, 3.8) is 0 Å². The molecular formula is C66H55N6O9+. The van der Waals surface area contributed by atoms with Gasteiger partial charge in [-0.1, -0.05) is 54.6 Å². The molecule has 81 heavy (non-hydrogen) atoms. The number of carbonyl (C=O) groups excluding carboxylic acids is 1. The van der Waals surface area contributed by atoms with Gasteiger partial charge in [0.25, 0.3) is 0 Å². The van der Waals surface area contributed by atoms with Crippen LogP contribution in [0.15, 0.2) is 196 Å². The van der Waals surface area contributed by atoms with E-state index in [1.165, 1.54) is 0 Å². The molecule has 0 saturated heterocycles. The van der Waals surface area contributed by atoms with Crippen LogP contribution in [0.4, 0.5) is 22.7 Å². The first kappa shape index (κ1) is 52.4. The van der Waals surface area contributed by atoms with Gasteiger partial charge in [-0.3, -0.25) is 4.99 Å². The highest BCUT2D eigenvalue weighted by Gasteiger charge is 2.53. The normalized spacial score (nSPS) is 13.0. The lowest BCUT2D eigenvalue weighted by Crippen LogP contribution is -2.71. The Bertz CT molecular complexity index is 4140. The Hall–Kier alpha value is -10.7. The Morgan fingerprint density at radius 3 is 1.44 bits per heavy atom. The van der Waals surface area contributed by atoms with Crippen LogP contribution in [0.25, 0.3) is 66.8 Å². The van der Waals surface area contributed by atoms with E-state index in [1.54, 1.807) is 31.3 Å². The van der Waals surface area contributed by atoms with Crippen LogP contribution in [-0.2, 0) is 10.3 Å². The fourth-order valence-corrected chi connectivity index (χ4v) is 10.7. The minimum atomic E-state index is -1.00. The zero-order chi connectivity index (χ0) is 56.5. The molecule has 15 heteroatoms. The van der Waals surface area contributed by atoms with E-state index >= 15 is 0 Å². The van der Waals surface area contributed by atoms with Gasteiger partial charge in [0.1, 0.15) is 41.2 Å². The summed E-state index contributed by atoms with van der Waals surface area (Å²) in [5.74, 6) is 0.469. The summed E-state index contributed by atoms with van der Waals surface area (Å²) in [6.07, 6.45) is 0. The second kappa shape index (κ2) is 21.6. The van der Waals surface area contributed by atoms with Crippen LogP contribution < -0.4 is 41.7 Å². The fraction of sp³-hybridized carbons (Fsp3) is 0.106. The standard InChI is InChI=1S/3C22H18N2O3/c1-23-13-7-9-17-19(11-13)26-20-12-14(24-2)8-10-18(20)22(17)16-6-4-3-5-15(16)21(25)27-22;2*1-23-13-7-9-17-19(11-13)27-20-12-14(24-2)8-10-18(20)21(17)15-5-3-4-6-16(15)22(25)26/h3-12,23-24H,1-2H3;2*3-12,23H,1-2H3,(H,25,26)/p+1. The van der Waals surface area contributed by atoms with E-state index < -0.39 is 17.5 Å². The van der Waals surface area contributed by atoms with E-state index in [4.69, 9.17) is 18.3 Å². The van der Waals surface area contributed by atoms with Crippen LogP contribution in [0, 0.1) is 0 Å². The van der Waals surface area contributed by atoms with Crippen molar-refractivity contribution in [2.75, 3.05) is 63.6 Å². The van der Waals surface area contributed by atoms with E-state index in [9.17, 15) is 24.6 Å². The zero-order valence-corrected chi connectivity index (χ0v) is 45.0. The highest BCUT2D eigenvalue weighted by molar-refractivity contribution is 6.09. The van der Waals surface area contributed by atoms with Gasteiger partial charge in [0, 0.05) is 144 Å². The van der Waals surface area contributed by atoms with Gasteiger partial charge in [-0.2, -0.15) is 0 Å². The van der Waals surface area contributed by atoms with Gasteiger partial charge in [-0.15, -0.1) is 0 Å². The molecule has 15 nitrogen and oxygen atoms in total. The van der Waals surface area contributed by atoms with Gasteiger partial charge in [0.2, 0.25) is 5.36 Å². The molecule has 7 aromatic carbocycles. The zero-order valence-electron chi connectivity index (χ0n) is 45.0. The minimum Gasteiger partial charge on any atom is -0.478 e. The molecule has 0 aromatic heterocycles. The van der Waals surface area contributed by atoms with Crippen molar-refractivity contribution < 1.29 is 47.9 Å². The third-order valence-electron chi connectivity index (χ3n) is 14.7. The Morgan fingerprint density at radius 1 is 0.494 bits per heavy atom. The van der Waals surface area contributed by atoms with Gasteiger partial charge >= 0.3 is 17.9 Å². The Labute approximate surface area is 465 Å². The number of nitrogens with one attached hydrogen (secondary N) is 5. The predicted molar refractivity (Wildman–Crippen MR) is 315 cm³/mol. The Kier molecular flexibility index (Phi) is 14.0. The molecule has 13 rings (SSSR count). The molecule has 1 spiro atoms. The van der Waals surface area contributed by atoms with Crippen LogP contribution in [0.2, 0.25) is 0 Å². The Morgan fingerprint density at radius 2 is 0.951 bits per heavy atom. The minimum absolute atomic E-state index is 0.258. The second-order valence-electron chi connectivity index (χ2n) is 19.1. The summed E-state index contributed by atoms with van der Waals surface area (Å²) < 4.78 is 24.6. The highest BCUT2D eigenvalue weighted by Crippen LogP contribution is 2.57. The van der Waals surface area contributed by atoms with Crippen LogP contribution in [0.1, 0.15) is 47.8 Å². The molecule has 0 amide bonds. The topological polar surface area (TPSA) is 211 Å². The summed E-state index contributed by atoms with van der Waals surface area (Å²) in [6.45, 7) is 0. The largest absolute Gasteiger partial charge is 0.478 e. The molecule has 0 fully saturated rings. The molecule has 0 radical (unpaired) electrons. The van der Waals surface area contributed by atoms with E-state index in [0.29, 0.717) is 50.9 Å². The van der Waals surface area contributed by atoms with Crippen molar-refractivity contribution in [2.24, 2.45) is 4.99 Å². The lowest BCUT2D eigenvalue weighted by molar-refractivity contribution is -0.465. The molecule has 6 aliphatic rings. The number of anilines is 4. The maximum atomic E-state index is 12.7. The van der Waals surface area contributed by atoms with Crippen molar-refractivity contribution in [1.29, 1.82) is 0 Å². The highest BCUT2D eigenvalue weighted by atomic mass is 16.6. The van der Waals surface area contributed by atoms with Gasteiger partial charge < -0.3 is 49.8 Å². The quantitative estimate of drug-likeness (QED) is 0.0558. The average Bonchev–Trinajstić information content (AvgIpc) is 3.93. The summed E-state index contributed by atoms with van der Waals surface area (Å²) in [5, 5.41) is 35.3. The van der Waals surface area contributed by atoms with Gasteiger partial charge in [-0.25, -0.2) is 19.4 Å². The van der Waals surface area contributed by atoms with Crippen LogP contribution in [0.5, 0.6) is 11.5 Å². The summed E-state index contributed by atoms with van der Waals surface area (Å²) in [4.78, 5) is 43.7. The predicted octanol–water partition coefficient (Wildman–Crippen LogP) is 11.4. The Balaban J connectivity index is 0.000000128. The first-order chi connectivity index (χ1) is 39.4. The number of benzene rings is 9. The molecule has 402 valence electrons. The molecule has 7 aromatic rings. The molecule has 2 aliphatic carbocycles. The number of esters is 1. The summed E-state index contributed by atoms with van der Waals surface area (Å²) in [7, 11) is 11.0. The number of hydrogen-bond donors (Lipinski definition) is 7. The van der Waals surface area contributed by atoms with E-state index in [2.05, 4.69) is 31.3 Å². The first-order valence-electron chi connectivity index (χ1n) is 26.0. The van der Waals surface area contributed by atoms with Gasteiger partial charge in [0.15, 0.2) is 5.60 Å². The molecule has 4 heterocycles. The molecule has 0 atom stereocenters. The lowest BCUT2D eigenvalue weighted by atomic mass is 9.77. The van der Waals surface area contributed by atoms with E-state index in [-0.39, 0.29) is 17.1 Å². The number of aromatic carboxylic acids is 2. The fourth-order valence-electron chi connectivity index (χ4n) is 10.7. The van der Waals surface area contributed by atoms with Crippen LogP contribution in [0.3, 0.4) is 0 Å². The number of nitrogens with zero attached hydrogens (tertiary/aromatic N) is 1. The number of hydrogen-bond acceptors (Lipinski definition) is 12. The van der Waals surface area contributed by atoms with Crippen LogP contribution in [-0.4, -0.2) is 70.4 Å². The van der Waals surface area contributed by atoms with E-state index in [1.807, 2.05) is 193 Å². The third kappa shape index (κ3) is 9.35. The van der Waals surface area contributed by atoms with Crippen molar-refractivity contribution in [1.82, 2.24) is 0 Å². The molecule has 0 unspecified atom stereocenters. The number of carboxylic acid groups (broad SMARTS) is 2. The number of rotatable bonds is 8. The van der Waals surface area contributed by atoms with Crippen molar-refractivity contribution >= 4 is 62.6 Å². The monoisotopic (exact) mass is 1080 g/mol. The van der Waals surface area contributed by atoms with Crippen LogP contribution >= 0.6 is 0 Å². The number of carbonyl (C=O) groups is 3. The SMILES string of the molecule is CN=c1ccc2c(-c3ccccc3C(=O)O)c3ccc(NC)cc3oc-2c1.CNc1ccc2c(-c3ccccc3C(=O)O)c3ccc(=[NH+]C)cc-3oc2c1.CNc1ccc2c(c1)Oc1cc(NC)ccc1C21OC(=O)c2ccccc21. The maximum absolute atomic E-state index is 12.7.